The highest BCUT2D eigenvalue weighted by atomic mass is 79.9. The van der Waals surface area contributed by atoms with Crippen LogP contribution in [0.15, 0.2) is 46.9 Å². The third-order valence-electron chi connectivity index (χ3n) is 2.93. The van der Waals surface area contributed by atoms with E-state index in [2.05, 4.69) is 21.2 Å². The van der Waals surface area contributed by atoms with Crippen molar-refractivity contribution < 1.29 is 9.53 Å². The van der Waals surface area contributed by atoms with Gasteiger partial charge >= 0.3 is 0 Å². The van der Waals surface area contributed by atoms with E-state index in [9.17, 15) is 4.79 Å². The predicted octanol–water partition coefficient (Wildman–Crippen LogP) is 3.35. The van der Waals surface area contributed by atoms with Gasteiger partial charge < -0.3 is 15.8 Å². The molecule has 0 unspecified atom stereocenters. The fourth-order valence-corrected chi connectivity index (χ4v) is 2.13. The van der Waals surface area contributed by atoms with Crippen molar-refractivity contribution in [1.29, 1.82) is 0 Å². The van der Waals surface area contributed by atoms with Crippen molar-refractivity contribution in [2.24, 2.45) is 5.73 Å². The van der Waals surface area contributed by atoms with Gasteiger partial charge in [0.05, 0.1) is 0 Å². The number of aryl methyl sites for hydroxylation is 1. The average Bonchev–Trinajstić information content (AvgIpc) is 2.49. The van der Waals surface area contributed by atoms with Gasteiger partial charge in [0.15, 0.2) is 0 Å². The van der Waals surface area contributed by atoms with E-state index >= 15 is 0 Å². The van der Waals surface area contributed by atoms with Gasteiger partial charge in [-0.3, -0.25) is 4.79 Å². The summed E-state index contributed by atoms with van der Waals surface area (Å²) in [5.41, 5.74) is 7.79. The Kier molecular flexibility index (Phi) is 5.36. The molecule has 1 amide bonds. The monoisotopic (exact) mass is 348 g/mol. The topological polar surface area (TPSA) is 64.3 Å². The van der Waals surface area contributed by atoms with Crippen LogP contribution in [-0.4, -0.2) is 19.1 Å². The summed E-state index contributed by atoms with van der Waals surface area (Å²) < 4.78 is 6.30. The molecule has 0 radical (unpaired) electrons. The quantitative estimate of drug-likeness (QED) is 0.870. The first kappa shape index (κ1) is 15.5. The van der Waals surface area contributed by atoms with Gasteiger partial charge in [0.1, 0.15) is 12.4 Å². The van der Waals surface area contributed by atoms with Gasteiger partial charge in [-0.05, 0) is 48.9 Å². The summed E-state index contributed by atoms with van der Waals surface area (Å²) in [6.07, 6.45) is 0. The number of carbonyl (C=O) groups excluding carboxylic acids is 1. The Labute approximate surface area is 132 Å². The number of nitrogens with two attached hydrogens (primary N) is 1. The lowest BCUT2D eigenvalue weighted by molar-refractivity contribution is 0.102. The zero-order chi connectivity index (χ0) is 15.2. The van der Waals surface area contributed by atoms with Gasteiger partial charge in [-0.15, -0.1) is 0 Å². The van der Waals surface area contributed by atoms with Crippen molar-refractivity contribution in [2.75, 3.05) is 18.5 Å². The van der Waals surface area contributed by atoms with Gasteiger partial charge in [0.25, 0.3) is 5.91 Å². The molecule has 0 aliphatic rings. The molecule has 2 rings (SSSR count). The van der Waals surface area contributed by atoms with E-state index in [4.69, 9.17) is 10.5 Å². The standard InChI is InChI=1S/C16H17BrN2O2/c1-11-2-3-12(10-15(11)17)16(20)19-13-4-6-14(7-5-13)21-9-8-18/h2-7,10H,8-9,18H2,1H3,(H,19,20). The molecule has 21 heavy (non-hydrogen) atoms. The Hall–Kier alpha value is -1.85. The molecule has 4 nitrogen and oxygen atoms in total. The van der Waals surface area contributed by atoms with Crippen LogP contribution in [0.3, 0.4) is 0 Å². The third kappa shape index (κ3) is 4.31. The zero-order valence-corrected chi connectivity index (χ0v) is 13.3. The Morgan fingerprint density at radius 1 is 1.24 bits per heavy atom. The summed E-state index contributed by atoms with van der Waals surface area (Å²) in [7, 11) is 0. The largest absolute Gasteiger partial charge is 0.492 e. The number of rotatable bonds is 5. The SMILES string of the molecule is Cc1ccc(C(=O)Nc2ccc(OCCN)cc2)cc1Br. The first-order valence-corrected chi connectivity index (χ1v) is 7.40. The van der Waals surface area contributed by atoms with Crippen LogP contribution in [0.25, 0.3) is 0 Å². The summed E-state index contributed by atoms with van der Waals surface area (Å²) in [6, 6.07) is 12.7. The minimum absolute atomic E-state index is 0.147. The van der Waals surface area contributed by atoms with Crippen LogP contribution in [0, 0.1) is 6.92 Å². The zero-order valence-electron chi connectivity index (χ0n) is 11.7. The molecule has 0 aromatic heterocycles. The van der Waals surface area contributed by atoms with E-state index in [1.807, 2.05) is 19.1 Å². The summed E-state index contributed by atoms with van der Waals surface area (Å²) in [6.45, 7) is 2.93. The van der Waals surface area contributed by atoms with E-state index < -0.39 is 0 Å². The molecule has 2 aromatic carbocycles. The Balaban J connectivity index is 2.03. The van der Waals surface area contributed by atoms with Gasteiger partial charge in [-0.2, -0.15) is 0 Å². The summed E-state index contributed by atoms with van der Waals surface area (Å²) in [5, 5.41) is 2.85. The number of nitrogens with one attached hydrogen (secondary N) is 1. The highest BCUT2D eigenvalue weighted by Gasteiger charge is 2.07. The Morgan fingerprint density at radius 2 is 1.95 bits per heavy atom. The van der Waals surface area contributed by atoms with Gasteiger partial charge in [0.2, 0.25) is 0 Å². The second-order valence-corrected chi connectivity index (χ2v) is 5.43. The van der Waals surface area contributed by atoms with Crippen LogP contribution in [0.2, 0.25) is 0 Å². The maximum Gasteiger partial charge on any atom is 0.255 e. The van der Waals surface area contributed by atoms with Crippen molar-refractivity contribution in [3.05, 3.63) is 58.1 Å². The summed E-state index contributed by atoms with van der Waals surface area (Å²) >= 11 is 3.43. The molecule has 5 heteroatoms. The number of carbonyl (C=O) groups is 1. The van der Waals surface area contributed by atoms with Crippen LogP contribution >= 0.6 is 15.9 Å². The number of hydrogen-bond donors (Lipinski definition) is 2. The molecule has 0 bridgehead atoms. The lowest BCUT2D eigenvalue weighted by atomic mass is 10.1. The van der Waals surface area contributed by atoms with Crippen LogP contribution in [0.4, 0.5) is 5.69 Å². The van der Waals surface area contributed by atoms with Gasteiger partial charge in [-0.1, -0.05) is 22.0 Å². The molecular formula is C16H17BrN2O2. The van der Waals surface area contributed by atoms with Crippen molar-refractivity contribution in [3.63, 3.8) is 0 Å². The molecule has 0 spiro atoms. The first-order valence-electron chi connectivity index (χ1n) is 6.60. The van der Waals surface area contributed by atoms with Crippen molar-refractivity contribution in [2.45, 2.75) is 6.92 Å². The van der Waals surface area contributed by atoms with Crippen LogP contribution in [0.5, 0.6) is 5.75 Å². The number of ether oxygens (including phenoxy) is 1. The second-order valence-electron chi connectivity index (χ2n) is 4.58. The van der Waals surface area contributed by atoms with Crippen molar-refractivity contribution >= 4 is 27.5 Å². The first-order chi connectivity index (χ1) is 10.1. The molecule has 110 valence electrons. The molecular weight excluding hydrogens is 332 g/mol. The highest BCUT2D eigenvalue weighted by molar-refractivity contribution is 9.10. The normalized spacial score (nSPS) is 10.2. The smallest absolute Gasteiger partial charge is 0.255 e. The highest BCUT2D eigenvalue weighted by Crippen LogP contribution is 2.20. The van der Waals surface area contributed by atoms with Crippen LogP contribution < -0.4 is 15.8 Å². The molecule has 0 saturated heterocycles. The van der Waals surface area contributed by atoms with Crippen LogP contribution in [0.1, 0.15) is 15.9 Å². The minimum Gasteiger partial charge on any atom is -0.492 e. The molecule has 0 aliphatic heterocycles. The van der Waals surface area contributed by atoms with E-state index in [-0.39, 0.29) is 5.91 Å². The molecule has 0 fully saturated rings. The van der Waals surface area contributed by atoms with Crippen LogP contribution in [-0.2, 0) is 0 Å². The molecule has 0 saturated carbocycles. The summed E-state index contributed by atoms with van der Waals surface area (Å²) in [4.78, 5) is 12.2. The summed E-state index contributed by atoms with van der Waals surface area (Å²) in [5.74, 6) is 0.586. The maximum absolute atomic E-state index is 12.2. The van der Waals surface area contributed by atoms with E-state index in [0.717, 1.165) is 21.5 Å². The molecule has 0 atom stereocenters. The number of hydrogen-bond acceptors (Lipinski definition) is 3. The number of amides is 1. The van der Waals surface area contributed by atoms with Gasteiger partial charge in [0, 0.05) is 22.3 Å². The van der Waals surface area contributed by atoms with Crippen molar-refractivity contribution in [3.8, 4) is 5.75 Å². The molecule has 2 aromatic rings. The van der Waals surface area contributed by atoms with Crippen molar-refractivity contribution in [1.82, 2.24) is 0 Å². The fourth-order valence-electron chi connectivity index (χ4n) is 1.75. The molecule has 0 aliphatic carbocycles. The number of anilines is 1. The van der Waals surface area contributed by atoms with E-state index in [0.29, 0.717) is 18.7 Å². The molecule has 0 heterocycles. The second kappa shape index (κ2) is 7.24. The number of halogens is 1. The number of benzene rings is 2. The lowest BCUT2D eigenvalue weighted by Gasteiger charge is -2.08. The molecule has 3 N–H and O–H groups in total. The van der Waals surface area contributed by atoms with E-state index in [1.54, 1.807) is 30.3 Å². The maximum atomic E-state index is 12.2. The minimum atomic E-state index is -0.147. The van der Waals surface area contributed by atoms with Gasteiger partial charge in [-0.25, -0.2) is 0 Å². The third-order valence-corrected chi connectivity index (χ3v) is 3.79. The fraction of sp³-hybridized carbons (Fsp3) is 0.188. The Morgan fingerprint density at radius 3 is 2.57 bits per heavy atom. The Bertz CT molecular complexity index is 627. The predicted molar refractivity (Wildman–Crippen MR) is 87.8 cm³/mol. The van der Waals surface area contributed by atoms with E-state index in [1.165, 1.54) is 0 Å². The average molecular weight is 349 g/mol. The lowest BCUT2D eigenvalue weighted by Crippen LogP contribution is -2.12.